The lowest BCUT2D eigenvalue weighted by molar-refractivity contribution is 0.104. The third-order valence-corrected chi connectivity index (χ3v) is 5.02. The maximum Gasteiger partial charge on any atom is 0.185 e. The van der Waals surface area contributed by atoms with E-state index in [4.69, 9.17) is 0 Å². The van der Waals surface area contributed by atoms with Crippen molar-refractivity contribution in [3.63, 3.8) is 0 Å². The van der Waals surface area contributed by atoms with Crippen molar-refractivity contribution < 1.29 is 4.79 Å². The van der Waals surface area contributed by atoms with Gasteiger partial charge in [0.15, 0.2) is 5.78 Å². The Labute approximate surface area is 162 Å². The molecule has 1 heterocycles. The Morgan fingerprint density at radius 1 is 0.960 bits per heavy atom. The van der Waals surface area contributed by atoms with Gasteiger partial charge >= 0.3 is 0 Å². The van der Waals surface area contributed by atoms with E-state index in [2.05, 4.69) is 71.3 Å². The van der Waals surface area contributed by atoms with Crippen LogP contribution in [0.3, 0.4) is 0 Å². The summed E-state index contributed by atoms with van der Waals surface area (Å²) >= 11 is 2.31. The number of allylic oxidation sites excluding steroid dienone is 1. The molecule has 1 aromatic heterocycles. The third-order valence-electron chi connectivity index (χ3n) is 4.31. The van der Waals surface area contributed by atoms with Crippen LogP contribution >= 0.6 is 22.6 Å². The highest BCUT2D eigenvalue weighted by Gasteiger charge is 2.09. The molecule has 126 valence electrons. The molecule has 2 aromatic carbocycles. The van der Waals surface area contributed by atoms with Gasteiger partial charge in [0.1, 0.15) is 0 Å². The number of nitrogens with zero attached hydrogens (tertiary/aromatic N) is 1. The fourth-order valence-corrected chi connectivity index (χ4v) is 3.28. The molecule has 0 saturated heterocycles. The topological polar surface area (TPSA) is 22.0 Å². The lowest BCUT2D eigenvalue weighted by atomic mass is 10.1. The summed E-state index contributed by atoms with van der Waals surface area (Å²) < 4.78 is 3.43. The molecule has 2 nitrogen and oxygen atoms in total. The minimum atomic E-state index is 0.0269. The van der Waals surface area contributed by atoms with Crippen LogP contribution in [-0.4, -0.2) is 10.4 Å². The molecule has 3 heteroatoms. The Hall–Kier alpha value is -2.14. The molecule has 0 radical (unpaired) electrons. The van der Waals surface area contributed by atoms with E-state index in [9.17, 15) is 4.79 Å². The van der Waals surface area contributed by atoms with Crippen molar-refractivity contribution in [1.29, 1.82) is 0 Å². The monoisotopic (exact) mass is 441 g/mol. The Balaban J connectivity index is 1.88. The van der Waals surface area contributed by atoms with Gasteiger partial charge in [-0.25, -0.2) is 0 Å². The number of hydrogen-bond acceptors (Lipinski definition) is 1. The minimum absolute atomic E-state index is 0.0269. The molecule has 0 atom stereocenters. The maximum atomic E-state index is 12.3. The predicted octanol–water partition coefficient (Wildman–Crippen LogP) is 5.90. The van der Waals surface area contributed by atoms with Gasteiger partial charge in [-0.3, -0.25) is 4.79 Å². The van der Waals surface area contributed by atoms with Crippen LogP contribution in [-0.2, 0) is 0 Å². The standard InChI is InChI=1S/C22H20INO/c1-15-4-6-18(7-5-15)22(25)13-8-19-14-16(2)24(17(19)3)21-11-9-20(23)10-12-21/h4-14H,1-3H3/b13-8+. The molecule has 0 aliphatic heterocycles. The Bertz CT molecular complexity index is 931. The van der Waals surface area contributed by atoms with Crippen LogP contribution in [0.5, 0.6) is 0 Å². The first kappa shape index (κ1) is 17.7. The van der Waals surface area contributed by atoms with Crippen LogP contribution in [0.4, 0.5) is 0 Å². The molecule has 0 aliphatic rings. The molecule has 3 rings (SSSR count). The Kier molecular flexibility index (Phi) is 5.23. The zero-order valence-electron chi connectivity index (χ0n) is 14.6. The first-order valence-electron chi connectivity index (χ1n) is 8.19. The van der Waals surface area contributed by atoms with E-state index in [1.807, 2.05) is 37.3 Å². The molecule has 0 amide bonds. The van der Waals surface area contributed by atoms with Gasteiger partial charge in [0.2, 0.25) is 0 Å². The smallest absolute Gasteiger partial charge is 0.185 e. The fraction of sp³-hybridized carbons (Fsp3) is 0.136. The molecular formula is C22H20INO. The predicted molar refractivity (Wildman–Crippen MR) is 113 cm³/mol. The van der Waals surface area contributed by atoms with Gasteiger partial charge in [0.25, 0.3) is 0 Å². The number of carbonyl (C=O) groups excluding carboxylic acids is 1. The number of halogens is 1. The fourth-order valence-electron chi connectivity index (χ4n) is 2.92. The number of benzene rings is 2. The van der Waals surface area contributed by atoms with Crippen molar-refractivity contribution in [2.24, 2.45) is 0 Å². The SMILES string of the molecule is Cc1ccc(C(=O)/C=C/c2cc(C)n(-c3ccc(I)cc3)c2C)cc1. The molecule has 0 N–H and O–H groups in total. The van der Waals surface area contributed by atoms with E-state index < -0.39 is 0 Å². The normalized spacial score (nSPS) is 11.2. The summed E-state index contributed by atoms with van der Waals surface area (Å²) in [5.41, 5.74) is 6.36. The number of ketones is 1. The van der Waals surface area contributed by atoms with Crippen LogP contribution in [0.25, 0.3) is 11.8 Å². The summed E-state index contributed by atoms with van der Waals surface area (Å²) in [7, 11) is 0. The number of aromatic nitrogens is 1. The summed E-state index contributed by atoms with van der Waals surface area (Å²) in [6, 6.07) is 18.2. The van der Waals surface area contributed by atoms with Crippen molar-refractivity contribution >= 4 is 34.5 Å². The lowest BCUT2D eigenvalue weighted by Gasteiger charge is -2.09. The number of hydrogen-bond donors (Lipinski definition) is 0. The third kappa shape index (κ3) is 3.93. The van der Waals surface area contributed by atoms with Crippen molar-refractivity contribution in [2.75, 3.05) is 0 Å². The van der Waals surface area contributed by atoms with Crippen molar-refractivity contribution in [1.82, 2.24) is 4.57 Å². The molecule has 0 saturated carbocycles. The van der Waals surface area contributed by atoms with Crippen LogP contribution < -0.4 is 0 Å². The average molecular weight is 441 g/mol. The zero-order chi connectivity index (χ0) is 18.0. The van der Waals surface area contributed by atoms with Gasteiger partial charge in [-0.2, -0.15) is 0 Å². The van der Waals surface area contributed by atoms with Crippen molar-refractivity contribution in [3.8, 4) is 5.69 Å². The van der Waals surface area contributed by atoms with Gasteiger partial charge in [-0.15, -0.1) is 0 Å². The van der Waals surface area contributed by atoms with Crippen LogP contribution in [0, 0.1) is 24.3 Å². The molecule has 0 fully saturated rings. The zero-order valence-corrected chi connectivity index (χ0v) is 16.7. The average Bonchev–Trinajstić information content (AvgIpc) is 2.88. The molecule has 0 unspecified atom stereocenters. The highest BCUT2D eigenvalue weighted by Crippen LogP contribution is 2.22. The lowest BCUT2D eigenvalue weighted by Crippen LogP contribution is -1.99. The maximum absolute atomic E-state index is 12.3. The minimum Gasteiger partial charge on any atom is -0.318 e. The molecule has 0 bridgehead atoms. The van der Waals surface area contributed by atoms with Gasteiger partial charge in [-0.1, -0.05) is 29.8 Å². The van der Waals surface area contributed by atoms with Crippen LogP contribution in [0.2, 0.25) is 0 Å². The van der Waals surface area contributed by atoms with E-state index in [1.165, 1.54) is 3.57 Å². The largest absolute Gasteiger partial charge is 0.318 e. The van der Waals surface area contributed by atoms with Crippen LogP contribution in [0.1, 0.15) is 32.9 Å². The van der Waals surface area contributed by atoms with Crippen molar-refractivity contribution in [3.05, 3.63) is 92.3 Å². The van der Waals surface area contributed by atoms with Gasteiger partial charge in [0, 0.05) is 26.2 Å². The first-order valence-corrected chi connectivity index (χ1v) is 9.27. The Morgan fingerprint density at radius 2 is 1.60 bits per heavy atom. The number of aryl methyl sites for hydroxylation is 2. The van der Waals surface area contributed by atoms with E-state index in [1.54, 1.807) is 6.08 Å². The first-order chi connectivity index (χ1) is 12.0. The van der Waals surface area contributed by atoms with Crippen LogP contribution in [0.15, 0.2) is 60.7 Å². The quantitative estimate of drug-likeness (QED) is 0.281. The molecule has 25 heavy (non-hydrogen) atoms. The highest BCUT2D eigenvalue weighted by atomic mass is 127. The summed E-state index contributed by atoms with van der Waals surface area (Å²) in [4.78, 5) is 12.3. The highest BCUT2D eigenvalue weighted by molar-refractivity contribution is 14.1. The molecular weight excluding hydrogens is 421 g/mol. The second-order valence-electron chi connectivity index (χ2n) is 6.20. The summed E-state index contributed by atoms with van der Waals surface area (Å²) in [5.74, 6) is 0.0269. The number of carbonyl (C=O) groups is 1. The second-order valence-corrected chi connectivity index (χ2v) is 7.45. The van der Waals surface area contributed by atoms with E-state index in [0.29, 0.717) is 5.56 Å². The van der Waals surface area contributed by atoms with Crippen molar-refractivity contribution in [2.45, 2.75) is 20.8 Å². The summed E-state index contributed by atoms with van der Waals surface area (Å²) in [6.45, 7) is 6.19. The van der Waals surface area contributed by atoms with E-state index >= 15 is 0 Å². The summed E-state index contributed by atoms with van der Waals surface area (Å²) in [6.07, 6.45) is 3.57. The van der Waals surface area contributed by atoms with Gasteiger partial charge < -0.3 is 4.57 Å². The van der Waals surface area contributed by atoms with Gasteiger partial charge in [-0.05, 0) is 91.4 Å². The van der Waals surface area contributed by atoms with Gasteiger partial charge in [0.05, 0.1) is 0 Å². The summed E-state index contributed by atoms with van der Waals surface area (Å²) in [5, 5.41) is 0. The molecule has 3 aromatic rings. The number of rotatable bonds is 4. The molecule has 0 spiro atoms. The second kappa shape index (κ2) is 7.40. The molecule has 0 aliphatic carbocycles. The van der Waals surface area contributed by atoms with E-state index in [0.717, 1.165) is 28.2 Å². The Morgan fingerprint density at radius 3 is 2.24 bits per heavy atom. The van der Waals surface area contributed by atoms with E-state index in [-0.39, 0.29) is 5.78 Å².